The highest BCUT2D eigenvalue weighted by Crippen LogP contribution is 2.23. The van der Waals surface area contributed by atoms with Gasteiger partial charge in [0.25, 0.3) is 5.91 Å². The smallest absolute Gasteiger partial charge is 0.254 e. The molecule has 0 saturated carbocycles. The zero-order valence-electron chi connectivity index (χ0n) is 16.6. The third-order valence-electron chi connectivity index (χ3n) is 4.89. The molecule has 2 aromatic carbocycles. The molecule has 0 aliphatic heterocycles. The van der Waals surface area contributed by atoms with E-state index in [1.54, 1.807) is 37.9 Å². The summed E-state index contributed by atoms with van der Waals surface area (Å²) in [5.41, 5.74) is 2.56. The number of benzene rings is 2. The minimum atomic E-state index is -3.60. The fraction of sp³-hybridized carbons (Fsp3) is 0.381. The van der Waals surface area contributed by atoms with Crippen LogP contribution in [-0.4, -0.2) is 43.7 Å². The molecule has 0 bridgehead atoms. The molecule has 0 fully saturated rings. The minimum absolute atomic E-state index is 0.124. The van der Waals surface area contributed by atoms with Crippen LogP contribution in [0.25, 0.3) is 0 Å². The van der Waals surface area contributed by atoms with Gasteiger partial charge in [-0.2, -0.15) is 4.31 Å². The maximum atomic E-state index is 12.9. The van der Waals surface area contributed by atoms with E-state index in [1.165, 1.54) is 16.4 Å². The van der Waals surface area contributed by atoms with Crippen LogP contribution in [0.4, 0.5) is 0 Å². The Bertz CT molecular complexity index is 888. The number of carbonyl (C=O) groups excluding carboxylic acids is 1. The summed E-state index contributed by atoms with van der Waals surface area (Å²) < 4.78 is 26.8. The third-order valence-corrected chi connectivity index (χ3v) is 6.93. The summed E-state index contributed by atoms with van der Waals surface area (Å²) in [5.74, 6) is -0.209. The molecule has 1 amide bonds. The summed E-state index contributed by atoms with van der Waals surface area (Å²) in [6, 6.07) is 14.2. The van der Waals surface area contributed by atoms with E-state index < -0.39 is 10.0 Å². The number of aryl methyl sites for hydroxylation is 1. The molecular weight excluding hydrogens is 360 g/mol. The second-order valence-corrected chi connectivity index (χ2v) is 8.56. The van der Waals surface area contributed by atoms with Gasteiger partial charge in [0, 0.05) is 25.7 Å². The Hall–Kier alpha value is -2.18. The zero-order valence-corrected chi connectivity index (χ0v) is 17.5. The lowest BCUT2D eigenvalue weighted by molar-refractivity contribution is 0.0742. The topological polar surface area (TPSA) is 57.7 Å². The van der Waals surface area contributed by atoms with Crippen molar-refractivity contribution in [3.8, 4) is 0 Å². The molecule has 0 aliphatic carbocycles. The highest BCUT2D eigenvalue weighted by molar-refractivity contribution is 7.89. The summed E-state index contributed by atoms with van der Waals surface area (Å²) in [4.78, 5) is 14.7. The molecule has 0 spiro atoms. The molecule has 146 valence electrons. The minimum Gasteiger partial charge on any atom is -0.335 e. The van der Waals surface area contributed by atoms with E-state index in [4.69, 9.17) is 0 Å². The van der Waals surface area contributed by atoms with E-state index >= 15 is 0 Å². The normalized spacial score (nSPS) is 12.8. The molecule has 1 atom stereocenters. The predicted octanol–water partition coefficient (Wildman–Crippen LogP) is 3.86. The van der Waals surface area contributed by atoms with E-state index in [0.29, 0.717) is 18.7 Å². The van der Waals surface area contributed by atoms with Gasteiger partial charge in [0.2, 0.25) is 10.0 Å². The van der Waals surface area contributed by atoms with Crippen molar-refractivity contribution in [2.45, 2.75) is 38.6 Å². The van der Waals surface area contributed by atoms with Crippen LogP contribution in [0, 0.1) is 6.92 Å². The number of hydrogen-bond donors (Lipinski definition) is 0. The molecular formula is C21H28N2O3S. The van der Waals surface area contributed by atoms with Crippen molar-refractivity contribution in [3.63, 3.8) is 0 Å². The first-order chi connectivity index (χ1) is 12.7. The van der Waals surface area contributed by atoms with E-state index in [9.17, 15) is 13.2 Å². The lowest BCUT2D eigenvalue weighted by Crippen LogP contribution is -2.32. The summed E-state index contributed by atoms with van der Waals surface area (Å²) in [6.07, 6.45) is 0. The first-order valence-corrected chi connectivity index (χ1v) is 10.6. The van der Waals surface area contributed by atoms with Crippen molar-refractivity contribution in [2.24, 2.45) is 0 Å². The van der Waals surface area contributed by atoms with Crippen LogP contribution in [0.1, 0.15) is 48.3 Å². The fourth-order valence-corrected chi connectivity index (χ4v) is 4.45. The molecule has 0 radical (unpaired) electrons. The van der Waals surface area contributed by atoms with Gasteiger partial charge >= 0.3 is 0 Å². The monoisotopic (exact) mass is 388 g/mol. The largest absolute Gasteiger partial charge is 0.335 e. The van der Waals surface area contributed by atoms with Crippen molar-refractivity contribution in [1.29, 1.82) is 0 Å². The van der Waals surface area contributed by atoms with Crippen molar-refractivity contribution >= 4 is 15.9 Å². The molecule has 5 nitrogen and oxygen atoms in total. The van der Waals surface area contributed by atoms with E-state index in [2.05, 4.69) is 0 Å². The summed E-state index contributed by atoms with van der Waals surface area (Å²) in [6.45, 7) is 8.35. The number of nitrogens with zero attached hydrogens (tertiary/aromatic N) is 2. The Morgan fingerprint density at radius 2 is 1.63 bits per heavy atom. The average Bonchev–Trinajstić information content (AvgIpc) is 2.67. The Balaban J connectivity index is 2.30. The van der Waals surface area contributed by atoms with Crippen LogP contribution in [0.5, 0.6) is 0 Å². The van der Waals surface area contributed by atoms with E-state index in [-0.39, 0.29) is 16.8 Å². The SMILES string of the molecule is CCN(CC)S(=O)(=O)c1cccc(C(=O)N(C)C(C)c2ccc(C)cc2)c1. The second-order valence-electron chi connectivity index (χ2n) is 6.62. The quantitative estimate of drug-likeness (QED) is 0.724. The van der Waals surface area contributed by atoms with E-state index in [0.717, 1.165) is 11.1 Å². The summed E-state index contributed by atoms with van der Waals surface area (Å²) in [5, 5.41) is 0. The van der Waals surface area contributed by atoms with Crippen molar-refractivity contribution in [1.82, 2.24) is 9.21 Å². The maximum Gasteiger partial charge on any atom is 0.254 e. The average molecular weight is 389 g/mol. The van der Waals surface area contributed by atoms with Crippen LogP contribution in [0.3, 0.4) is 0 Å². The summed E-state index contributed by atoms with van der Waals surface area (Å²) in [7, 11) is -1.86. The van der Waals surface area contributed by atoms with Gasteiger partial charge in [-0.15, -0.1) is 0 Å². The van der Waals surface area contributed by atoms with Crippen LogP contribution in [0.2, 0.25) is 0 Å². The number of sulfonamides is 1. The van der Waals surface area contributed by atoms with Gasteiger partial charge in [0.15, 0.2) is 0 Å². The molecule has 0 aliphatic rings. The van der Waals surface area contributed by atoms with Gasteiger partial charge in [-0.25, -0.2) is 8.42 Å². The van der Waals surface area contributed by atoms with Gasteiger partial charge in [-0.1, -0.05) is 49.7 Å². The van der Waals surface area contributed by atoms with Gasteiger partial charge in [0.1, 0.15) is 0 Å². The molecule has 0 aromatic heterocycles. The Morgan fingerprint density at radius 3 is 2.19 bits per heavy atom. The first kappa shape index (κ1) is 21.1. The third kappa shape index (κ3) is 4.57. The highest BCUT2D eigenvalue weighted by atomic mass is 32.2. The molecule has 27 heavy (non-hydrogen) atoms. The van der Waals surface area contributed by atoms with Crippen LogP contribution in [-0.2, 0) is 10.0 Å². The van der Waals surface area contributed by atoms with Crippen LogP contribution < -0.4 is 0 Å². The molecule has 1 unspecified atom stereocenters. The highest BCUT2D eigenvalue weighted by Gasteiger charge is 2.24. The molecule has 0 heterocycles. The summed E-state index contributed by atoms with van der Waals surface area (Å²) >= 11 is 0. The molecule has 2 aromatic rings. The lowest BCUT2D eigenvalue weighted by Gasteiger charge is -2.26. The van der Waals surface area contributed by atoms with Gasteiger partial charge in [-0.05, 0) is 37.6 Å². The fourth-order valence-electron chi connectivity index (χ4n) is 2.95. The Labute approximate surface area is 162 Å². The second kappa shape index (κ2) is 8.67. The zero-order chi connectivity index (χ0) is 20.2. The Kier molecular flexibility index (Phi) is 6.78. The van der Waals surface area contributed by atoms with Gasteiger partial charge in [0.05, 0.1) is 10.9 Å². The van der Waals surface area contributed by atoms with Crippen LogP contribution in [0.15, 0.2) is 53.4 Å². The maximum absolute atomic E-state index is 12.9. The predicted molar refractivity (Wildman–Crippen MR) is 108 cm³/mol. The van der Waals surface area contributed by atoms with Gasteiger partial charge < -0.3 is 4.90 Å². The molecule has 6 heteroatoms. The number of rotatable bonds is 7. The molecule has 2 rings (SSSR count). The van der Waals surface area contributed by atoms with Crippen molar-refractivity contribution in [2.75, 3.05) is 20.1 Å². The molecule has 0 N–H and O–H groups in total. The molecule has 0 saturated heterocycles. The van der Waals surface area contributed by atoms with E-state index in [1.807, 2.05) is 38.1 Å². The van der Waals surface area contributed by atoms with Gasteiger partial charge in [-0.3, -0.25) is 4.79 Å². The number of hydrogen-bond acceptors (Lipinski definition) is 3. The van der Waals surface area contributed by atoms with Crippen LogP contribution >= 0.6 is 0 Å². The number of carbonyl (C=O) groups is 1. The lowest BCUT2D eigenvalue weighted by atomic mass is 10.0. The van der Waals surface area contributed by atoms with Crippen molar-refractivity contribution < 1.29 is 13.2 Å². The first-order valence-electron chi connectivity index (χ1n) is 9.16. The van der Waals surface area contributed by atoms with Crippen molar-refractivity contribution in [3.05, 3.63) is 65.2 Å². The Morgan fingerprint density at radius 1 is 1.04 bits per heavy atom. The number of amides is 1. The standard InChI is InChI=1S/C21H28N2O3S/c1-6-23(7-2)27(25,26)20-10-8-9-19(15-20)21(24)22(5)17(4)18-13-11-16(3)12-14-18/h8-15,17H,6-7H2,1-5H3.